The lowest BCUT2D eigenvalue weighted by molar-refractivity contribution is -0.253. The summed E-state index contributed by atoms with van der Waals surface area (Å²) in [4.78, 5) is 15.0. The summed E-state index contributed by atoms with van der Waals surface area (Å²) in [7, 11) is 0. The summed E-state index contributed by atoms with van der Waals surface area (Å²) >= 11 is 0. The average Bonchev–Trinajstić information content (AvgIpc) is 3.09. The predicted octanol–water partition coefficient (Wildman–Crippen LogP) is 6.17. The van der Waals surface area contributed by atoms with Gasteiger partial charge in [-0.15, -0.1) is 0 Å². The van der Waals surface area contributed by atoms with E-state index in [0.29, 0.717) is 18.0 Å². The summed E-state index contributed by atoms with van der Waals surface area (Å²) in [5.74, 6) is 1.45. The Morgan fingerprint density at radius 2 is 1.47 bits per heavy atom. The zero-order valence-corrected chi connectivity index (χ0v) is 25.1. The number of hydrogen-bond donors (Lipinski definition) is 3. The number of ether oxygens (including phenoxy) is 4. The van der Waals surface area contributed by atoms with Crippen molar-refractivity contribution in [3.63, 3.8) is 0 Å². The number of morpholine rings is 1. The van der Waals surface area contributed by atoms with E-state index in [9.17, 15) is 9.90 Å². The lowest BCUT2D eigenvalue weighted by atomic mass is 9.99. The normalized spacial score (nSPS) is 20.3. The maximum absolute atomic E-state index is 12.6. The number of nitrogens with zero attached hydrogens (tertiary/aromatic N) is 1. The van der Waals surface area contributed by atoms with Gasteiger partial charge >= 0.3 is 6.03 Å². The third kappa shape index (κ3) is 8.69. The zero-order valence-electron chi connectivity index (χ0n) is 25.1. The Hall–Kier alpha value is -4.25. The molecule has 234 valence electrons. The van der Waals surface area contributed by atoms with Crippen LogP contribution in [0.3, 0.4) is 0 Å². The quantitative estimate of drug-likeness (QED) is 0.198. The lowest BCUT2D eigenvalue weighted by Gasteiger charge is -2.39. The van der Waals surface area contributed by atoms with E-state index in [2.05, 4.69) is 15.5 Å². The number of aliphatic hydroxyl groups excluding tert-OH is 1. The average molecular weight is 610 g/mol. The number of benzene rings is 4. The molecule has 2 aliphatic heterocycles. The molecule has 2 saturated heterocycles. The fourth-order valence-electron chi connectivity index (χ4n) is 5.49. The molecule has 45 heavy (non-hydrogen) atoms. The molecule has 2 aliphatic rings. The fraction of sp³-hybridized carbons (Fsp3) is 0.306. The van der Waals surface area contributed by atoms with E-state index >= 15 is 0 Å². The highest BCUT2D eigenvalue weighted by atomic mass is 16.7. The van der Waals surface area contributed by atoms with Crippen LogP contribution in [-0.2, 0) is 27.4 Å². The van der Waals surface area contributed by atoms with Gasteiger partial charge in [0.15, 0.2) is 6.29 Å². The Bertz CT molecular complexity index is 1490. The van der Waals surface area contributed by atoms with Gasteiger partial charge in [0.2, 0.25) is 0 Å². The molecule has 0 spiro atoms. The van der Waals surface area contributed by atoms with Crippen LogP contribution in [0.4, 0.5) is 10.5 Å². The Morgan fingerprint density at radius 3 is 2.18 bits per heavy atom. The van der Waals surface area contributed by atoms with Crippen molar-refractivity contribution in [1.29, 1.82) is 0 Å². The predicted molar refractivity (Wildman–Crippen MR) is 171 cm³/mol. The van der Waals surface area contributed by atoms with Crippen LogP contribution in [0.2, 0.25) is 0 Å². The number of amides is 2. The largest absolute Gasteiger partial charge is 0.457 e. The minimum atomic E-state index is -0.522. The molecule has 4 aromatic rings. The number of carbonyl (C=O) groups excluding carboxylic acids is 1. The zero-order chi connectivity index (χ0) is 30.8. The number of aliphatic hydroxyl groups is 1. The van der Waals surface area contributed by atoms with Gasteiger partial charge in [0.1, 0.15) is 11.5 Å². The van der Waals surface area contributed by atoms with Gasteiger partial charge in [-0.3, -0.25) is 4.90 Å². The van der Waals surface area contributed by atoms with Crippen molar-refractivity contribution in [3.05, 3.63) is 125 Å². The van der Waals surface area contributed by atoms with Gasteiger partial charge in [0, 0.05) is 43.9 Å². The summed E-state index contributed by atoms with van der Waals surface area (Å²) in [5.41, 5.74) is 4.48. The van der Waals surface area contributed by atoms with E-state index in [0.717, 1.165) is 67.3 Å². The molecule has 3 unspecified atom stereocenters. The Morgan fingerprint density at radius 1 is 0.800 bits per heavy atom. The Labute approximate surface area is 263 Å². The second kappa shape index (κ2) is 15.2. The van der Waals surface area contributed by atoms with Crippen LogP contribution in [-0.4, -0.2) is 55.0 Å². The molecule has 0 saturated carbocycles. The highest BCUT2D eigenvalue weighted by molar-refractivity contribution is 5.89. The first-order chi connectivity index (χ1) is 22.1. The summed E-state index contributed by atoms with van der Waals surface area (Å²) in [5, 5.41) is 15.2. The molecule has 2 amide bonds. The number of nitrogens with one attached hydrogen (secondary N) is 2. The summed E-state index contributed by atoms with van der Waals surface area (Å²) in [6, 6.07) is 32.4. The Balaban J connectivity index is 1.04. The number of carbonyl (C=O) groups is 1. The molecule has 0 radical (unpaired) electrons. The molecular formula is C36H39N3O6. The topological polar surface area (TPSA) is 102 Å². The summed E-state index contributed by atoms with van der Waals surface area (Å²) < 4.78 is 24.3. The second-order valence-corrected chi connectivity index (χ2v) is 11.3. The van der Waals surface area contributed by atoms with E-state index in [4.69, 9.17) is 18.9 Å². The maximum atomic E-state index is 12.6. The van der Waals surface area contributed by atoms with Gasteiger partial charge in [0.05, 0.1) is 32.0 Å². The van der Waals surface area contributed by atoms with Crippen LogP contribution < -0.4 is 15.4 Å². The second-order valence-electron chi connectivity index (χ2n) is 11.3. The molecule has 3 atom stereocenters. The molecule has 0 bridgehead atoms. The molecule has 9 heteroatoms. The number of para-hydroxylation sites is 1. The number of hydrogen-bond acceptors (Lipinski definition) is 7. The van der Waals surface area contributed by atoms with Crippen molar-refractivity contribution in [2.45, 2.75) is 38.1 Å². The van der Waals surface area contributed by atoms with Crippen molar-refractivity contribution in [3.8, 4) is 11.5 Å². The molecular weight excluding hydrogens is 570 g/mol. The molecule has 0 aliphatic carbocycles. The smallest absolute Gasteiger partial charge is 0.319 e. The molecule has 4 aromatic carbocycles. The SMILES string of the molecule is O=C(NCc1ccc(C2OC(CN3CCOCC3)CC(c3ccc(CO)cc3)O2)cc1)Nc1ccc(Oc2ccccc2)cc1. The first-order valence-corrected chi connectivity index (χ1v) is 15.4. The van der Waals surface area contributed by atoms with E-state index in [1.807, 2.05) is 91.0 Å². The third-order valence-electron chi connectivity index (χ3n) is 7.98. The molecule has 3 N–H and O–H groups in total. The van der Waals surface area contributed by atoms with Crippen LogP contribution in [0.1, 0.15) is 41.1 Å². The minimum absolute atomic E-state index is 0.00613. The first-order valence-electron chi connectivity index (χ1n) is 15.4. The van der Waals surface area contributed by atoms with Crippen LogP contribution >= 0.6 is 0 Å². The highest BCUT2D eigenvalue weighted by Crippen LogP contribution is 2.38. The number of rotatable bonds is 10. The third-order valence-corrected chi connectivity index (χ3v) is 7.98. The maximum Gasteiger partial charge on any atom is 0.319 e. The van der Waals surface area contributed by atoms with Crippen molar-refractivity contribution < 1.29 is 28.8 Å². The van der Waals surface area contributed by atoms with E-state index in [1.54, 1.807) is 12.1 Å². The van der Waals surface area contributed by atoms with Crippen LogP contribution in [0.15, 0.2) is 103 Å². The van der Waals surface area contributed by atoms with Crippen molar-refractivity contribution in [2.75, 3.05) is 38.2 Å². The van der Waals surface area contributed by atoms with E-state index in [-0.39, 0.29) is 24.8 Å². The summed E-state index contributed by atoms with van der Waals surface area (Å²) in [6.07, 6.45) is 0.0815. The van der Waals surface area contributed by atoms with Crippen LogP contribution in [0.25, 0.3) is 0 Å². The number of urea groups is 1. The van der Waals surface area contributed by atoms with Crippen LogP contribution in [0.5, 0.6) is 11.5 Å². The lowest BCUT2D eigenvalue weighted by Crippen LogP contribution is -2.44. The fourth-order valence-corrected chi connectivity index (χ4v) is 5.49. The van der Waals surface area contributed by atoms with E-state index in [1.165, 1.54) is 0 Å². The summed E-state index contributed by atoms with van der Waals surface area (Å²) in [6.45, 7) is 4.46. The minimum Gasteiger partial charge on any atom is -0.457 e. The molecule has 2 heterocycles. The van der Waals surface area contributed by atoms with Gasteiger partial charge in [-0.1, -0.05) is 66.7 Å². The monoisotopic (exact) mass is 609 g/mol. The van der Waals surface area contributed by atoms with Crippen molar-refractivity contribution >= 4 is 11.7 Å². The standard InChI is InChI=1S/C36H39N3O6/c40-25-27-8-10-28(11-9-27)34-22-33(24-39-18-20-42-21-19-39)44-35(45-34)29-12-6-26(7-13-29)23-37-36(41)38-30-14-16-32(17-15-30)43-31-4-2-1-3-5-31/h1-17,33-35,40H,18-25H2,(H2,37,38,41). The van der Waals surface area contributed by atoms with Crippen molar-refractivity contribution in [1.82, 2.24) is 10.2 Å². The highest BCUT2D eigenvalue weighted by Gasteiger charge is 2.33. The molecule has 0 aromatic heterocycles. The van der Waals surface area contributed by atoms with Gasteiger partial charge in [0.25, 0.3) is 0 Å². The molecule has 6 rings (SSSR count). The van der Waals surface area contributed by atoms with Gasteiger partial charge in [-0.25, -0.2) is 4.79 Å². The number of anilines is 1. The van der Waals surface area contributed by atoms with Gasteiger partial charge in [-0.05, 0) is 53.1 Å². The van der Waals surface area contributed by atoms with Crippen LogP contribution in [0, 0.1) is 0 Å². The first kappa shape index (κ1) is 30.8. The molecule has 2 fully saturated rings. The van der Waals surface area contributed by atoms with Gasteiger partial charge in [-0.2, -0.15) is 0 Å². The van der Waals surface area contributed by atoms with Crippen molar-refractivity contribution in [2.24, 2.45) is 0 Å². The van der Waals surface area contributed by atoms with Gasteiger partial charge < -0.3 is 34.7 Å². The Kier molecular flexibility index (Phi) is 10.4. The van der Waals surface area contributed by atoms with E-state index < -0.39 is 6.29 Å². The molecule has 9 nitrogen and oxygen atoms in total.